The van der Waals surface area contributed by atoms with E-state index in [2.05, 4.69) is 316 Å². The minimum absolute atomic E-state index is 0.0104. The summed E-state index contributed by atoms with van der Waals surface area (Å²) < 4.78 is 78.7. The number of benzene rings is 11. The lowest BCUT2D eigenvalue weighted by molar-refractivity contribution is 0.590. The van der Waals surface area contributed by atoms with Crippen molar-refractivity contribution in [3.8, 4) is 50.2 Å². The minimum atomic E-state index is -0.498. The Balaban J connectivity index is 1.24. The maximum Gasteiger partial charge on any atom is 0.252 e. The van der Waals surface area contributed by atoms with Gasteiger partial charge in [-0.05, 0) is 141 Å². The van der Waals surface area contributed by atoms with E-state index in [1.807, 2.05) is 0 Å². The fourth-order valence-electron chi connectivity index (χ4n) is 14.3. The minimum Gasteiger partial charge on any atom is -0.310 e. The number of rotatable bonds is 7. The third kappa shape index (κ3) is 10.8. The van der Waals surface area contributed by atoms with Crippen molar-refractivity contribution >= 4 is 79.0 Å². The number of fused-ring (bicyclic) bond motifs is 7. The Labute approximate surface area is 572 Å². The molecule has 0 saturated heterocycles. The summed E-state index contributed by atoms with van der Waals surface area (Å²) in [6, 6.07) is 64.1. The molecule has 0 aliphatic carbocycles. The second kappa shape index (κ2) is 22.3. The van der Waals surface area contributed by atoms with Crippen LogP contribution in [-0.2, 0) is 32.5 Å². The molecule has 0 fully saturated rings. The van der Waals surface area contributed by atoms with Crippen molar-refractivity contribution in [1.82, 2.24) is 4.57 Å². The Morgan fingerprint density at radius 2 is 0.617 bits per heavy atom. The molecule has 0 atom stereocenters. The van der Waals surface area contributed by atoms with E-state index < -0.39 is 43.0 Å². The van der Waals surface area contributed by atoms with E-state index in [0.717, 1.165) is 101 Å². The Morgan fingerprint density at radius 1 is 0.298 bits per heavy atom. The first-order valence-electron chi connectivity index (χ1n) is 37.5. The lowest BCUT2D eigenvalue weighted by atomic mass is 9.33. The predicted octanol–water partition coefficient (Wildman–Crippen LogP) is 23.3. The van der Waals surface area contributed by atoms with Crippen molar-refractivity contribution in [3.05, 3.63) is 264 Å². The van der Waals surface area contributed by atoms with E-state index in [0.29, 0.717) is 5.69 Å². The number of anilines is 6. The number of nitrogens with zero attached hydrogens (tertiary/aromatic N) is 3. The molecule has 0 amide bonds. The van der Waals surface area contributed by atoms with Crippen LogP contribution in [0.4, 0.5) is 34.1 Å². The van der Waals surface area contributed by atoms with E-state index in [9.17, 15) is 11.0 Å². The number of hydrogen-bond acceptors (Lipinski definition) is 2. The van der Waals surface area contributed by atoms with Gasteiger partial charge >= 0.3 is 0 Å². The molecular formula is C90H92BN3. The SMILES string of the molecule is [2H]c1c([2H])c([2H])c2c(c1[2H])c1c([2H])c([2H])c([2H])c([2H])c1n2-c1cc2c3c(c1)N(c1c(-c4ccc(C(C)(C)C)cc4)cccc1-c1ccc(C(C)(C)C)cc1)c1cc(C(C)(C)C)ccc1B3c1cc(C(C)(C)C)ccc1N2c1c(-c2ccc(C(C)(C)C)cc2)cccc1-c1ccc(C(C)(C)C)cc1. The summed E-state index contributed by atoms with van der Waals surface area (Å²) in [5.74, 6) is 0. The highest BCUT2D eigenvalue weighted by Gasteiger charge is 2.46. The first-order chi connectivity index (χ1) is 47.7. The second-order valence-electron chi connectivity index (χ2n) is 32.5. The summed E-state index contributed by atoms with van der Waals surface area (Å²) in [4.78, 5) is 4.93. The van der Waals surface area contributed by atoms with Crippen LogP contribution in [0.1, 0.15) is 169 Å². The topological polar surface area (TPSA) is 11.4 Å². The molecule has 0 N–H and O–H groups in total. The molecule has 3 heterocycles. The van der Waals surface area contributed by atoms with Gasteiger partial charge in [0.25, 0.3) is 6.71 Å². The zero-order chi connectivity index (χ0) is 73.3. The van der Waals surface area contributed by atoms with Gasteiger partial charge in [0.2, 0.25) is 0 Å². The summed E-state index contributed by atoms with van der Waals surface area (Å²) in [7, 11) is 0. The van der Waals surface area contributed by atoms with Crippen molar-refractivity contribution in [2.75, 3.05) is 9.80 Å². The molecule has 2 aliphatic rings. The van der Waals surface area contributed by atoms with Gasteiger partial charge < -0.3 is 14.4 Å². The first kappa shape index (κ1) is 53.3. The molecule has 94 heavy (non-hydrogen) atoms. The van der Waals surface area contributed by atoms with Gasteiger partial charge in [-0.1, -0.05) is 319 Å². The Hall–Kier alpha value is -9.12. The third-order valence-electron chi connectivity index (χ3n) is 19.8. The molecule has 1 aromatic heterocycles. The van der Waals surface area contributed by atoms with Crippen molar-refractivity contribution < 1.29 is 11.0 Å². The second-order valence-corrected chi connectivity index (χ2v) is 32.5. The molecule has 0 bridgehead atoms. The van der Waals surface area contributed by atoms with Gasteiger partial charge in [-0.3, -0.25) is 0 Å². The van der Waals surface area contributed by atoms with Crippen molar-refractivity contribution in [3.63, 3.8) is 0 Å². The van der Waals surface area contributed by atoms with Crippen LogP contribution in [0, 0.1) is 0 Å². The van der Waals surface area contributed by atoms with Gasteiger partial charge in [-0.25, -0.2) is 0 Å². The zero-order valence-electron chi connectivity index (χ0n) is 66.2. The molecular weight excluding hydrogens is 1130 g/mol. The highest BCUT2D eigenvalue weighted by molar-refractivity contribution is 7.00. The monoisotopic (exact) mass is 1230 g/mol. The van der Waals surface area contributed by atoms with E-state index in [1.54, 1.807) is 4.57 Å². The molecule has 470 valence electrons. The number of aromatic nitrogens is 1. The van der Waals surface area contributed by atoms with Crippen LogP contribution in [0.2, 0.25) is 0 Å². The Kier molecular flexibility index (Phi) is 12.6. The van der Waals surface area contributed by atoms with E-state index in [4.69, 9.17) is 0 Å². The molecule has 3 nitrogen and oxygen atoms in total. The van der Waals surface area contributed by atoms with Crippen LogP contribution >= 0.6 is 0 Å². The average Bonchev–Trinajstić information content (AvgIpc) is 1.00. The van der Waals surface area contributed by atoms with E-state index >= 15 is 0 Å². The molecule has 11 aromatic carbocycles. The third-order valence-corrected chi connectivity index (χ3v) is 19.8. The molecule has 0 unspecified atom stereocenters. The Morgan fingerprint density at radius 3 is 0.979 bits per heavy atom. The summed E-state index contributed by atoms with van der Waals surface area (Å²) in [6.07, 6.45) is 0. The van der Waals surface area contributed by atoms with Crippen molar-refractivity contribution in [1.29, 1.82) is 0 Å². The lowest BCUT2D eigenvalue weighted by Gasteiger charge is -2.46. The van der Waals surface area contributed by atoms with Gasteiger partial charge in [-0.15, -0.1) is 0 Å². The maximum absolute atomic E-state index is 10.1. The van der Waals surface area contributed by atoms with Crippen LogP contribution in [0.15, 0.2) is 230 Å². The highest BCUT2D eigenvalue weighted by Crippen LogP contribution is 2.55. The average molecular weight is 1230 g/mol. The molecule has 14 rings (SSSR count). The quantitative estimate of drug-likeness (QED) is 0.147. The lowest BCUT2D eigenvalue weighted by Crippen LogP contribution is -2.61. The number of hydrogen-bond donors (Lipinski definition) is 0. The van der Waals surface area contributed by atoms with Crippen LogP contribution in [0.3, 0.4) is 0 Å². The number of para-hydroxylation sites is 4. The summed E-state index contributed by atoms with van der Waals surface area (Å²) in [5, 5.41) is 0.0208. The fourth-order valence-corrected chi connectivity index (χ4v) is 14.3. The van der Waals surface area contributed by atoms with E-state index in [1.165, 1.54) is 27.8 Å². The van der Waals surface area contributed by atoms with Gasteiger partial charge in [-0.2, -0.15) is 0 Å². The molecule has 0 spiro atoms. The Bertz CT molecular complexity index is 5190. The highest BCUT2D eigenvalue weighted by atomic mass is 15.2. The van der Waals surface area contributed by atoms with Gasteiger partial charge in [0.1, 0.15) is 0 Å². The summed E-state index contributed by atoms with van der Waals surface area (Å²) >= 11 is 0. The van der Waals surface area contributed by atoms with Crippen molar-refractivity contribution in [2.45, 2.75) is 157 Å². The summed E-state index contributed by atoms with van der Waals surface area (Å²) in [5.41, 5.74) is 22.9. The summed E-state index contributed by atoms with van der Waals surface area (Å²) in [6.45, 7) is 40.1. The fraction of sp³-hybridized carbons (Fsp3) is 0.267. The molecule has 0 radical (unpaired) electrons. The molecule has 0 saturated carbocycles. The van der Waals surface area contributed by atoms with Crippen molar-refractivity contribution in [2.24, 2.45) is 0 Å². The van der Waals surface area contributed by atoms with Crippen LogP contribution in [-0.4, -0.2) is 11.3 Å². The maximum atomic E-state index is 10.1. The predicted molar refractivity (Wildman–Crippen MR) is 409 cm³/mol. The molecule has 2 aliphatic heterocycles. The van der Waals surface area contributed by atoms with E-state index in [-0.39, 0.29) is 66.4 Å². The molecule has 4 heteroatoms. The zero-order valence-corrected chi connectivity index (χ0v) is 58.2. The van der Waals surface area contributed by atoms with Gasteiger partial charge in [0.05, 0.1) is 39.1 Å². The normalized spacial score (nSPS) is 14.8. The smallest absolute Gasteiger partial charge is 0.252 e. The standard InChI is InChI=1S/C90H92BN3/c1-85(2,3)61-41-33-57(34-42-61)68-27-23-28-69(58-35-43-62(44-36-58)86(4,5)6)83(68)93-78-52-50-65(89(13,14)15)53-75(78)91-74-51-49-66(90(16,17)18)54-79(74)94(81-56-67(55-80(93)82(81)91)92-76-31-21-19-25-72(76)73-26-20-22-32-77(73)92)84-70(59-37-45-63(46-38-59)87(7,8)9)29-24-30-71(84)60-39-47-64(48-40-60)88(10,11)12/h19-56H,1-18H3/i19D,20D,21D,22D,25D,26D,31D,32D. The van der Waals surface area contributed by atoms with Gasteiger partial charge in [0, 0.05) is 55.8 Å². The largest absolute Gasteiger partial charge is 0.310 e. The van der Waals surface area contributed by atoms with Crippen LogP contribution in [0.25, 0.3) is 72.0 Å². The first-order valence-corrected chi connectivity index (χ1v) is 33.5. The van der Waals surface area contributed by atoms with Gasteiger partial charge in [0.15, 0.2) is 0 Å². The molecule has 12 aromatic rings. The van der Waals surface area contributed by atoms with Crippen LogP contribution < -0.4 is 26.2 Å². The van der Waals surface area contributed by atoms with Crippen LogP contribution in [0.5, 0.6) is 0 Å².